The van der Waals surface area contributed by atoms with Crippen molar-refractivity contribution in [2.75, 3.05) is 13.2 Å². The SMILES string of the molecule is CCCCC/C=C\C/C=C\C/C=C\CCCCCCC(=O)OC(COC(=O)CCCCCCC/C=C\CCCCCCCC)COC(=O)CCCCCCC/C=C\CCCCCCCC. The van der Waals surface area contributed by atoms with E-state index in [2.05, 4.69) is 81.5 Å². The van der Waals surface area contributed by atoms with Crippen LogP contribution in [0.25, 0.3) is 0 Å². The second-order valence-electron chi connectivity index (χ2n) is 18.5. The maximum Gasteiger partial charge on any atom is 0.306 e. The van der Waals surface area contributed by atoms with Gasteiger partial charge in [-0.05, 0) is 109 Å². The lowest BCUT2D eigenvalue weighted by molar-refractivity contribution is -0.167. The Kier molecular flexibility index (Phi) is 51.3. The van der Waals surface area contributed by atoms with Gasteiger partial charge < -0.3 is 14.2 Å². The molecule has 0 saturated carbocycles. The van der Waals surface area contributed by atoms with Crippen LogP contribution in [-0.4, -0.2) is 37.2 Å². The van der Waals surface area contributed by atoms with Crippen molar-refractivity contribution in [1.82, 2.24) is 0 Å². The van der Waals surface area contributed by atoms with Crippen LogP contribution < -0.4 is 0 Å². The van der Waals surface area contributed by atoms with E-state index >= 15 is 0 Å². The first-order valence-electron chi connectivity index (χ1n) is 27.8. The van der Waals surface area contributed by atoms with Crippen LogP contribution in [0.4, 0.5) is 0 Å². The summed E-state index contributed by atoms with van der Waals surface area (Å²) in [6, 6.07) is 0. The van der Waals surface area contributed by atoms with E-state index in [1.165, 1.54) is 141 Å². The lowest BCUT2D eigenvalue weighted by Gasteiger charge is -2.18. The predicted octanol–water partition coefficient (Wildman–Crippen LogP) is 18.4. The molecule has 0 aromatic heterocycles. The van der Waals surface area contributed by atoms with Crippen molar-refractivity contribution in [2.24, 2.45) is 0 Å². The molecule has 0 aromatic carbocycles. The number of rotatable bonds is 50. The van der Waals surface area contributed by atoms with Gasteiger partial charge in [-0.3, -0.25) is 14.4 Å². The topological polar surface area (TPSA) is 78.9 Å². The number of hydrogen-bond acceptors (Lipinski definition) is 6. The summed E-state index contributed by atoms with van der Waals surface area (Å²) in [6.45, 7) is 6.58. The number of allylic oxidation sites excluding steroid dienone is 10. The average Bonchev–Trinajstić information content (AvgIpc) is 3.30. The minimum Gasteiger partial charge on any atom is -0.462 e. The van der Waals surface area contributed by atoms with Crippen LogP contribution in [0.2, 0.25) is 0 Å². The molecule has 0 atom stereocenters. The Hall–Kier alpha value is -2.89. The lowest BCUT2D eigenvalue weighted by Crippen LogP contribution is -2.30. The fraction of sp³-hybridized carbons (Fsp3) is 0.780. The molecule has 0 unspecified atom stereocenters. The largest absolute Gasteiger partial charge is 0.462 e. The van der Waals surface area contributed by atoms with Gasteiger partial charge in [0.15, 0.2) is 6.10 Å². The van der Waals surface area contributed by atoms with E-state index in [0.29, 0.717) is 19.3 Å². The number of carbonyl (C=O) groups excluding carboxylic acids is 3. The minimum atomic E-state index is -0.792. The van der Waals surface area contributed by atoms with Crippen LogP contribution in [0.5, 0.6) is 0 Å². The first-order chi connectivity index (χ1) is 32.0. The van der Waals surface area contributed by atoms with Gasteiger partial charge in [-0.15, -0.1) is 0 Å². The Labute approximate surface area is 402 Å². The van der Waals surface area contributed by atoms with Crippen molar-refractivity contribution >= 4 is 17.9 Å². The maximum absolute atomic E-state index is 12.8. The summed E-state index contributed by atoms with van der Waals surface area (Å²) in [5.74, 6) is -0.920. The number of unbranched alkanes of at least 4 members (excludes halogenated alkanes) is 29. The summed E-state index contributed by atoms with van der Waals surface area (Å²) in [5.41, 5.74) is 0. The zero-order valence-electron chi connectivity index (χ0n) is 43.0. The molecule has 6 heteroatoms. The van der Waals surface area contributed by atoms with Gasteiger partial charge in [0.2, 0.25) is 0 Å². The quantitative estimate of drug-likeness (QED) is 0.0262. The second-order valence-corrected chi connectivity index (χ2v) is 18.5. The molecule has 0 aliphatic heterocycles. The zero-order valence-corrected chi connectivity index (χ0v) is 43.0. The fourth-order valence-electron chi connectivity index (χ4n) is 7.73. The Morgan fingerprint density at radius 1 is 0.308 bits per heavy atom. The maximum atomic E-state index is 12.8. The molecule has 0 bridgehead atoms. The summed E-state index contributed by atoms with van der Waals surface area (Å²) < 4.78 is 16.8. The predicted molar refractivity (Wildman–Crippen MR) is 279 cm³/mol. The third-order valence-electron chi connectivity index (χ3n) is 12.0. The molecule has 0 heterocycles. The Bertz CT molecular complexity index is 1130. The van der Waals surface area contributed by atoms with Crippen LogP contribution in [-0.2, 0) is 28.6 Å². The number of esters is 3. The number of carbonyl (C=O) groups is 3. The molecule has 0 fully saturated rings. The van der Waals surface area contributed by atoms with Gasteiger partial charge in [-0.2, -0.15) is 0 Å². The first kappa shape index (κ1) is 62.1. The van der Waals surface area contributed by atoms with Crippen LogP contribution in [0, 0.1) is 0 Å². The van der Waals surface area contributed by atoms with Crippen molar-refractivity contribution in [1.29, 1.82) is 0 Å². The Morgan fingerprint density at radius 3 is 0.908 bits per heavy atom. The molecule has 0 saturated heterocycles. The molecule has 65 heavy (non-hydrogen) atoms. The highest BCUT2D eigenvalue weighted by molar-refractivity contribution is 5.71. The zero-order chi connectivity index (χ0) is 47.2. The van der Waals surface area contributed by atoms with Gasteiger partial charge in [-0.25, -0.2) is 0 Å². The van der Waals surface area contributed by atoms with E-state index in [0.717, 1.165) is 96.3 Å². The average molecular weight is 909 g/mol. The van der Waals surface area contributed by atoms with E-state index in [1.54, 1.807) is 0 Å². The van der Waals surface area contributed by atoms with Crippen molar-refractivity contribution in [3.63, 3.8) is 0 Å². The van der Waals surface area contributed by atoms with Gasteiger partial charge in [0, 0.05) is 19.3 Å². The summed E-state index contributed by atoms with van der Waals surface area (Å²) in [5, 5.41) is 0. The van der Waals surface area contributed by atoms with E-state index in [4.69, 9.17) is 14.2 Å². The normalized spacial score (nSPS) is 12.1. The van der Waals surface area contributed by atoms with Gasteiger partial charge in [0.05, 0.1) is 0 Å². The van der Waals surface area contributed by atoms with Gasteiger partial charge >= 0.3 is 17.9 Å². The molecule has 0 rings (SSSR count). The Morgan fingerprint density at radius 2 is 0.554 bits per heavy atom. The molecule has 0 spiro atoms. The lowest BCUT2D eigenvalue weighted by atomic mass is 10.1. The van der Waals surface area contributed by atoms with Crippen molar-refractivity contribution in [3.8, 4) is 0 Å². The van der Waals surface area contributed by atoms with Crippen molar-refractivity contribution < 1.29 is 28.6 Å². The second kappa shape index (κ2) is 53.7. The minimum absolute atomic E-state index is 0.0897. The summed E-state index contributed by atoms with van der Waals surface area (Å²) in [4.78, 5) is 38.1. The van der Waals surface area contributed by atoms with Gasteiger partial charge in [0.25, 0.3) is 0 Å². The van der Waals surface area contributed by atoms with Crippen molar-refractivity contribution in [2.45, 2.75) is 284 Å². The highest BCUT2D eigenvalue weighted by Crippen LogP contribution is 2.14. The first-order valence-corrected chi connectivity index (χ1v) is 27.8. The third kappa shape index (κ3) is 51.9. The highest BCUT2D eigenvalue weighted by atomic mass is 16.6. The number of hydrogen-bond donors (Lipinski definition) is 0. The molecule has 0 aliphatic carbocycles. The molecule has 376 valence electrons. The van der Waals surface area contributed by atoms with E-state index in [1.807, 2.05) is 0 Å². The van der Waals surface area contributed by atoms with E-state index in [-0.39, 0.29) is 31.1 Å². The number of ether oxygens (including phenoxy) is 3. The monoisotopic (exact) mass is 909 g/mol. The van der Waals surface area contributed by atoms with Crippen LogP contribution in [0.3, 0.4) is 0 Å². The van der Waals surface area contributed by atoms with E-state index in [9.17, 15) is 14.4 Å². The standard InChI is InChI=1S/C59H104O6/c1-4-7-10-13-16-19-22-25-28-29-32-35-38-41-44-47-50-53-59(62)65-56(54-63-57(60)51-48-45-42-39-36-33-30-26-23-20-17-14-11-8-5-2)55-64-58(61)52-49-46-43-40-37-34-31-27-24-21-18-15-12-9-6-3/h16,19,25-28,30-32,35,56H,4-15,17-18,20-24,29,33-34,36-55H2,1-3H3/b19-16-,28-25-,30-26-,31-27-,35-32-. The van der Waals surface area contributed by atoms with Crippen LogP contribution >= 0.6 is 0 Å². The molecule has 0 amide bonds. The molecule has 0 radical (unpaired) electrons. The molecule has 0 aromatic rings. The summed E-state index contributed by atoms with van der Waals surface area (Å²) in [6.07, 6.45) is 66.3. The molecular weight excluding hydrogens is 805 g/mol. The molecular formula is C59H104O6. The van der Waals surface area contributed by atoms with Crippen LogP contribution in [0.1, 0.15) is 278 Å². The summed E-state index contributed by atoms with van der Waals surface area (Å²) >= 11 is 0. The van der Waals surface area contributed by atoms with Gasteiger partial charge in [-0.1, -0.05) is 210 Å². The van der Waals surface area contributed by atoms with Crippen LogP contribution in [0.15, 0.2) is 60.8 Å². The van der Waals surface area contributed by atoms with Gasteiger partial charge in [0.1, 0.15) is 13.2 Å². The van der Waals surface area contributed by atoms with Crippen molar-refractivity contribution in [3.05, 3.63) is 60.8 Å². The Balaban J connectivity index is 4.44. The molecule has 0 N–H and O–H groups in total. The smallest absolute Gasteiger partial charge is 0.306 e. The molecule has 6 nitrogen and oxygen atoms in total. The molecule has 0 aliphatic rings. The summed E-state index contributed by atoms with van der Waals surface area (Å²) in [7, 11) is 0. The van der Waals surface area contributed by atoms with E-state index < -0.39 is 6.10 Å². The highest BCUT2D eigenvalue weighted by Gasteiger charge is 2.19. The third-order valence-corrected chi connectivity index (χ3v) is 12.0. The fourth-order valence-corrected chi connectivity index (χ4v) is 7.73.